The highest BCUT2D eigenvalue weighted by Crippen LogP contribution is 2.25. The minimum Gasteiger partial charge on any atom is -0.254 e. The van der Waals surface area contributed by atoms with E-state index >= 15 is 0 Å². The summed E-state index contributed by atoms with van der Waals surface area (Å²) in [5.41, 5.74) is 3.99. The maximum Gasteiger partial charge on any atom is 0.131 e. The van der Waals surface area contributed by atoms with Crippen LogP contribution in [-0.4, -0.2) is 20.4 Å². The van der Waals surface area contributed by atoms with Gasteiger partial charge in [0, 0.05) is 17.5 Å². The van der Waals surface area contributed by atoms with Crippen molar-refractivity contribution in [3.05, 3.63) is 36.3 Å². The van der Waals surface area contributed by atoms with Gasteiger partial charge in [0.2, 0.25) is 0 Å². The van der Waals surface area contributed by atoms with E-state index in [0.29, 0.717) is 0 Å². The Balaban J connectivity index is 2.33. The second-order valence-corrected chi connectivity index (χ2v) is 5.50. The lowest BCUT2D eigenvalue weighted by molar-refractivity contribution is 0.712. The van der Waals surface area contributed by atoms with Crippen LogP contribution in [-0.2, 0) is 6.42 Å². The number of hydrogen-bond acceptors (Lipinski definition) is 3. The molecular weight excluding hydrogens is 260 g/mol. The molecule has 0 unspecified atom stereocenters. The third-order valence-electron chi connectivity index (χ3n) is 3.49. The summed E-state index contributed by atoms with van der Waals surface area (Å²) in [6, 6.07) is 8.16. The van der Waals surface area contributed by atoms with E-state index in [0.717, 1.165) is 52.7 Å². The second-order valence-electron chi connectivity index (χ2n) is 5.50. The highest BCUT2D eigenvalue weighted by molar-refractivity contribution is 6.02. The van der Waals surface area contributed by atoms with Crippen LogP contribution < -0.4 is 0 Å². The number of pyridine rings is 1. The molecule has 0 bridgehead atoms. The first-order valence-corrected chi connectivity index (χ1v) is 7.48. The van der Waals surface area contributed by atoms with E-state index in [4.69, 9.17) is 10.1 Å². The summed E-state index contributed by atoms with van der Waals surface area (Å²) in [4.78, 5) is 9.25. The number of aromatic nitrogens is 3. The molecule has 0 aliphatic heterocycles. The maximum atomic E-state index is 4.75. The molecule has 0 fully saturated rings. The third kappa shape index (κ3) is 2.53. The lowest BCUT2D eigenvalue weighted by atomic mass is 10.2. The van der Waals surface area contributed by atoms with Crippen molar-refractivity contribution < 1.29 is 0 Å². The minimum atomic E-state index is 0.921. The number of unbranched alkanes of at least 4 members (excludes halogenated alkanes) is 1. The van der Waals surface area contributed by atoms with Crippen molar-refractivity contribution in [3.63, 3.8) is 0 Å². The van der Waals surface area contributed by atoms with Crippen LogP contribution in [0.1, 0.15) is 39.4 Å². The Morgan fingerprint density at radius 2 is 2.00 bits per heavy atom. The largest absolute Gasteiger partial charge is 0.254 e. The first-order chi connectivity index (χ1) is 10.2. The molecule has 2 heterocycles. The molecule has 0 aliphatic rings. The van der Waals surface area contributed by atoms with Gasteiger partial charge in [-0.2, -0.15) is 5.10 Å². The van der Waals surface area contributed by atoms with Crippen molar-refractivity contribution in [2.24, 2.45) is 5.10 Å². The lowest BCUT2D eigenvalue weighted by Gasteiger charge is -2.05. The number of rotatable bonds is 4. The lowest BCUT2D eigenvalue weighted by Crippen LogP contribution is -2.01. The van der Waals surface area contributed by atoms with Gasteiger partial charge in [0.1, 0.15) is 16.9 Å². The summed E-state index contributed by atoms with van der Waals surface area (Å²) in [6.07, 6.45) is 5.06. The molecule has 0 amide bonds. The Labute approximate surface area is 124 Å². The monoisotopic (exact) mass is 280 g/mol. The molecule has 0 radical (unpaired) electrons. The fourth-order valence-electron chi connectivity index (χ4n) is 2.54. The molecule has 0 aliphatic carbocycles. The summed E-state index contributed by atoms with van der Waals surface area (Å²) in [5.74, 6) is 1.02. The van der Waals surface area contributed by atoms with E-state index in [9.17, 15) is 0 Å². The van der Waals surface area contributed by atoms with Crippen molar-refractivity contribution in [3.8, 4) is 0 Å². The van der Waals surface area contributed by atoms with E-state index < -0.39 is 0 Å². The highest BCUT2D eigenvalue weighted by Gasteiger charge is 2.13. The molecule has 21 heavy (non-hydrogen) atoms. The molecule has 2 aromatic heterocycles. The first kappa shape index (κ1) is 13.7. The van der Waals surface area contributed by atoms with Gasteiger partial charge in [-0.25, -0.2) is 9.66 Å². The normalized spacial score (nSPS) is 11.2. The summed E-state index contributed by atoms with van der Waals surface area (Å²) < 4.78 is 2.00. The van der Waals surface area contributed by atoms with E-state index in [-0.39, 0.29) is 0 Å². The molecule has 0 atom stereocenters. The summed E-state index contributed by atoms with van der Waals surface area (Å²) in [6.45, 7) is 6.22. The van der Waals surface area contributed by atoms with Gasteiger partial charge >= 0.3 is 0 Å². The Hall–Kier alpha value is -2.23. The Morgan fingerprint density at radius 1 is 1.19 bits per heavy atom. The molecule has 3 rings (SSSR count). The van der Waals surface area contributed by atoms with Crippen LogP contribution in [0.25, 0.3) is 21.9 Å². The van der Waals surface area contributed by atoms with Crippen molar-refractivity contribution in [2.75, 3.05) is 0 Å². The van der Waals surface area contributed by atoms with Crippen LogP contribution >= 0.6 is 0 Å². The third-order valence-corrected chi connectivity index (χ3v) is 3.49. The zero-order chi connectivity index (χ0) is 14.8. The Bertz CT molecular complexity index is 810. The quantitative estimate of drug-likeness (QED) is 0.673. The topological polar surface area (TPSA) is 43.1 Å². The molecule has 4 heteroatoms. The molecule has 0 spiro atoms. The summed E-state index contributed by atoms with van der Waals surface area (Å²) in [7, 11) is 0. The molecule has 4 nitrogen and oxygen atoms in total. The van der Waals surface area contributed by atoms with Gasteiger partial charge in [-0.3, -0.25) is 4.98 Å². The van der Waals surface area contributed by atoms with Crippen LogP contribution in [0.3, 0.4) is 0 Å². The maximum absolute atomic E-state index is 4.75. The van der Waals surface area contributed by atoms with Gasteiger partial charge in [-0.1, -0.05) is 31.5 Å². The molecule has 0 saturated carbocycles. The van der Waals surface area contributed by atoms with Crippen molar-refractivity contribution in [2.45, 2.75) is 40.0 Å². The van der Waals surface area contributed by atoms with Crippen LogP contribution in [0.15, 0.2) is 35.6 Å². The number of imidazole rings is 1. The molecular formula is C17H20N4. The standard InChI is InChI=1S/C17H20N4/c1-4-5-10-16-19-15-11-18-14-9-7-6-8-13(14)17(15)21(16)20-12(2)3/h6-9,11H,4-5,10H2,1-3H3. The van der Waals surface area contributed by atoms with Crippen molar-refractivity contribution in [1.82, 2.24) is 14.6 Å². The zero-order valence-corrected chi connectivity index (χ0v) is 12.8. The predicted octanol–water partition coefficient (Wildman–Crippen LogP) is 4.17. The zero-order valence-electron chi connectivity index (χ0n) is 12.8. The van der Waals surface area contributed by atoms with Crippen LogP contribution in [0.4, 0.5) is 0 Å². The summed E-state index contributed by atoms with van der Waals surface area (Å²) >= 11 is 0. The molecule has 1 aromatic carbocycles. The molecule has 108 valence electrons. The number of benzene rings is 1. The van der Waals surface area contributed by atoms with Crippen LogP contribution in [0, 0.1) is 0 Å². The van der Waals surface area contributed by atoms with E-state index in [1.165, 1.54) is 0 Å². The first-order valence-electron chi connectivity index (χ1n) is 7.48. The second kappa shape index (κ2) is 5.64. The average molecular weight is 280 g/mol. The van der Waals surface area contributed by atoms with Crippen LogP contribution in [0.5, 0.6) is 0 Å². The predicted molar refractivity (Wildman–Crippen MR) is 87.8 cm³/mol. The van der Waals surface area contributed by atoms with Crippen molar-refractivity contribution in [1.29, 1.82) is 0 Å². The SMILES string of the molecule is CCCCc1nc2cnc3ccccc3c2n1N=C(C)C. The van der Waals surface area contributed by atoms with Gasteiger partial charge < -0.3 is 0 Å². The number of fused-ring (bicyclic) bond motifs is 3. The number of nitrogens with zero attached hydrogens (tertiary/aromatic N) is 4. The van der Waals surface area contributed by atoms with E-state index in [2.05, 4.69) is 18.0 Å². The van der Waals surface area contributed by atoms with Gasteiger partial charge in [-0.05, 0) is 26.3 Å². The van der Waals surface area contributed by atoms with Gasteiger partial charge in [0.15, 0.2) is 0 Å². The van der Waals surface area contributed by atoms with Gasteiger partial charge in [-0.15, -0.1) is 0 Å². The highest BCUT2D eigenvalue weighted by atomic mass is 15.4. The van der Waals surface area contributed by atoms with Gasteiger partial charge in [0.05, 0.1) is 11.7 Å². The fraction of sp³-hybridized carbons (Fsp3) is 0.353. The number of aryl methyl sites for hydroxylation is 1. The number of para-hydroxylation sites is 1. The number of hydrogen-bond donors (Lipinski definition) is 0. The van der Waals surface area contributed by atoms with E-state index in [1.54, 1.807) is 0 Å². The van der Waals surface area contributed by atoms with E-state index in [1.807, 2.05) is 42.9 Å². The fourth-order valence-corrected chi connectivity index (χ4v) is 2.54. The molecule has 3 aromatic rings. The molecule has 0 N–H and O–H groups in total. The minimum absolute atomic E-state index is 0.921. The Morgan fingerprint density at radius 3 is 2.76 bits per heavy atom. The average Bonchev–Trinajstić information content (AvgIpc) is 2.82. The smallest absolute Gasteiger partial charge is 0.131 e. The van der Waals surface area contributed by atoms with Crippen molar-refractivity contribution >= 4 is 27.6 Å². The van der Waals surface area contributed by atoms with Gasteiger partial charge in [0.25, 0.3) is 0 Å². The summed E-state index contributed by atoms with van der Waals surface area (Å²) in [5, 5.41) is 5.80. The Kier molecular flexibility index (Phi) is 3.69. The van der Waals surface area contributed by atoms with Crippen LogP contribution in [0.2, 0.25) is 0 Å². The molecule has 0 saturated heterocycles.